The monoisotopic (exact) mass is 394 g/mol. The lowest BCUT2D eigenvalue weighted by Gasteiger charge is -2.07. The molecule has 5 rings (SSSR count). The van der Waals surface area contributed by atoms with E-state index in [0.29, 0.717) is 5.82 Å². The molecule has 142 valence electrons. The van der Waals surface area contributed by atoms with Crippen LogP contribution in [0.3, 0.4) is 0 Å². The van der Waals surface area contributed by atoms with Crippen molar-refractivity contribution >= 4 is 28.9 Å². The highest BCUT2D eigenvalue weighted by Gasteiger charge is 2.14. The summed E-state index contributed by atoms with van der Waals surface area (Å²) in [5.41, 5.74) is 1.59. The Bertz CT molecular complexity index is 1100. The first kappa shape index (κ1) is 16.9. The average Bonchev–Trinajstić information content (AvgIpc) is 3.47. The number of hydrogen-bond acceptors (Lipinski definition) is 7. The van der Waals surface area contributed by atoms with E-state index < -0.39 is 0 Å². The minimum absolute atomic E-state index is 0.269. The number of aromatic nitrogens is 5. The van der Waals surface area contributed by atoms with E-state index >= 15 is 0 Å². The first-order valence-electron chi connectivity index (χ1n) is 8.96. The van der Waals surface area contributed by atoms with Crippen LogP contribution >= 0.6 is 11.9 Å². The molecule has 0 bridgehead atoms. The summed E-state index contributed by atoms with van der Waals surface area (Å²) in [6.45, 7) is 2.08. The van der Waals surface area contributed by atoms with Crippen molar-refractivity contribution in [3.05, 3.63) is 55.4 Å². The molecule has 0 atom stereocenters. The van der Waals surface area contributed by atoms with Gasteiger partial charge in [-0.3, -0.25) is 0 Å². The summed E-state index contributed by atoms with van der Waals surface area (Å²) in [7, 11) is 0. The lowest BCUT2D eigenvalue weighted by molar-refractivity contribution is 0.174. The van der Waals surface area contributed by atoms with Crippen molar-refractivity contribution in [2.24, 2.45) is 0 Å². The zero-order valence-corrected chi connectivity index (χ0v) is 15.8. The molecular formula is C19H18N6O2S. The van der Waals surface area contributed by atoms with E-state index in [0.717, 1.165) is 47.1 Å². The number of ether oxygens (including phenoxy) is 2. The topological polar surface area (TPSA) is 79.0 Å². The van der Waals surface area contributed by atoms with Gasteiger partial charge in [0.05, 0.1) is 6.33 Å². The molecule has 4 heterocycles. The summed E-state index contributed by atoms with van der Waals surface area (Å²) >= 11 is 1.45. The zero-order valence-electron chi connectivity index (χ0n) is 15.0. The predicted octanol–water partition coefficient (Wildman–Crippen LogP) is 3.57. The van der Waals surface area contributed by atoms with Crippen molar-refractivity contribution in [1.82, 2.24) is 24.1 Å². The van der Waals surface area contributed by atoms with Gasteiger partial charge in [-0.05, 0) is 48.7 Å². The van der Waals surface area contributed by atoms with Crippen LogP contribution in [0.5, 0.6) is 11.5 Å². The van der Waals surface area contributed by atoms with Gasteiger partial charge < -0.3 is 23.3 Å². The fraction of sp³-hybridized carbons (Fsp3) is 0.211. The predicted molar refractivity (Wildman–Crippen MR) is 106 cm³/mol. The SMILES string of the molecule is c1ccn(CCCn2cnc3c(NSc4ccc5c(c4)OCO5)ncnc32)c1. The third kappa shape index (κ3) is 3.36. The Balaban J connectivity index is 1.28. The van der Waals surface area contributed by atoms with Crippen molar-refractivity contribution in [2.45, 2.75) is 24.4 Å². The molecule has 4 aromatic rings. The number of anilines is 1. The van der Waals surface area contributed by atoms with Gasteiger partial charge >= 0.3 is 0 Å². The molecule has 0 amide bonds. The molecular weight excluding hydrogens is 376 g/mol. The molecule has 1 aliphatic rings. The van der Waals surface area contributed by atoms with E-state index in [2.05, 4.69) is 41.2 Å². The molecule has 0 spiro atoms. The lowest BCUT2D eigenvalue weighted by Crippen LogP contribution is -2.03. The summed E-state index contributed by atoms with van der Waals surface area (Å²) < 4.78 is 18.3. The fourth-order valence-electron chi connectivity index (χ4n) is 3.11. The highest BCUT2D eigenvalue weighted by atomic mass is 32.2. The second kappa shape index (κ2) is 7.43. The van der Waals surface area contributed by atoms with Gasteiger partial charge in [-0.1, -0.05) is 0 Å². The Morgan fingerprint density at radius 1 is 1.04 bits per heavy atom. The smallest absolute Gasteiger partial charge is 0.231 e. The molecule has 9 heteroatoms. The van der Waals surface area contributed by atoms with Gasteiger partial charge in [0.2, 0.25) is 6.79 Å². The summed E-state index contributed by atoms with van der Waals surface area (Å²) in [4.78, 5) is 14.3. The first-order valence-corrected chi connectivity index (χ1v) is 9.77. The maximum atomic E-state index is 5.42. The average molecular weight is 394 g/mol. The Kier molecular flexibility index (Phi) is 4.50. The Morgan fingerprint density at radius 3 is 2.86 bits per heavy atom. The van der Waals surface area contributed by atoms with Crippen LogP contribution in [0.1, 0.15) is 6.42 Å². The maximum absolute atomic E-state index is 5.42. The standard InChI is InChI=1S/C19H18N6O2S/c1-2-7-24(6-1)8-3-9-25-12-22-17-18(20-11-21-19(17)25)23-28-14-4-5-15-16(10-14)27-13-26-15/h1-2,4-7,10-12H,3,8-9,13H2,(H,20,21,23). The van der Waals surface area contributed by atoms with Gasteiger partial charge in [-0.25, -0.2) is 15.0 Å². The molecule has 8 nitrogen and oxygen atoms in total. The number of imidazole rings is 1. The number of nitrogens with one attached hydrogen (secondary N) is 1. The Hall–Kier alpha value is -3.20. The molecule has 1 aromatic carbocycles. The van der Waals surface area contributed by atoms with Crippen LogP contribution in [0, 0.1) is 0 Å². The molecule has 0 saturated carbocycles. The number of nitrogens with zero attached hydrogens (tertiary/aromatic N) is 5. The quantitative estimate of drug-likeness (QED) is 0.480. The van der Waals surface area contributed by atoms with Gasteiger partial charge in [0.15, 0.2) is 28.5 Å². The second-order valence-electron chi connectivity index (χ2n) is 6.33. The highest BCUT2D eigenvalue weighted by Crippen LogP contribution is 2.36. The minimum Gasteiger partial charge on any atom is -0.454 e. The minimum atomic E-state index is 0.269. The van der Waals surface area contributed by atoms with Gasteiger partial charge in [0.25, 0.3) is 0 Å². The second-order valence-corrected chi connectivity index (χ2v) is 7.21. The molecule has 0 radical (unpaired) electrons. The number of fused-ring (bicyclic) bond motifs is 2. The van der Waals surface area contributed by atoms with E-state index in [1.807, 2.05) is 36.7 Å². The molecule has 0 saturated heterocycles. The van der Waals surface area contributed by atoms with Crippen LogP contribution in [-0.4, -0.2) is 30.9 Å². The van der Waals surface area contributed by atoms with Crippen molar-refractivity contribution in [3.8, 4) is 11.5 Å². The van der Waals surface area contributed by atoms with Crippen LogP contribution in [0.25, 0.3) is 11.2 Å². The number of hydrogen-bond donors (Lipinski definition) is 1. The number of rotatable bonds is 7. The number of benzene rings is 1. The van der Waals surface area contributed by atoms with E-state index in [1.165, 1.54) is 11.9 Å². The molecule has 0 unspecified atom stereocenters. The van der Waals surface area contributed by atoms with Crippen molar-refractivity contribution in [3.63, 3.8) is 0 Å². The molecule has 1 aliphatic heterocycles. The van der Waals surface area contributed by atoms with Crippen LogP contribution in [0.15, 0.2) is 60.3 Å². The van der Waals surface area contributed by atoms with Crippen LogP contribution in [0.2, 0.25) is 0 Å². The first-order chi connectivity index (χ1) is 13.9. The van der Waals surface area contributed by atoms with Crippen molar-refractivity contribution < 1.29 is 9.47 Å². The molecule has 3 aromatic heterocycles. The molecule has 1 N–H and O–H groups in total. The summed E-state index contributed by atoms with van der Waals surface area (Å²) in [6, 6.07) is 9.90. The lowest BCUT2D eigenvalue weighted by atomic mass is 10.3. The third-order valence-corrected chi connectivity index (χ3v) is 5.28. The third-order valence-electron chi connectivity index (χ3n) is 4.49. The Morgan fingerprint density at radius 2 is 1.93 bits per heavy atom. The van der Waals surface area contributed by atoms with E-state index in [1.54, 1.807) is 6.33 Å². The van der Waals surface area contributed by atoms with E-state index in [4.69, 9.17) is 9.47 Å². The normalized spacial score (nSPS) is 12.6. The molecule has 0 aliphatic carbocycles. The van der Waals surface area contributed by atoms with Crippen LogP contribution < -0.4 is 14.2 Å². The fourth-order valence-corrected chi connectivity index (χ4v) is 3.78. The molecule has 28 heavy (non-hydrogen) atoms. The van der Waals surface area contributed by atoms with Crippen molar-refractivity contribution in [2.75, 3.05) is 11.5 Å². The van der Waals surface area contributed by atoms with Crippen molar-refractivity contribution in [1.29, 1.82) is 0 Å². The largest absolute Gasteiger partial charge is 0.454 e. The van der Waals surface area contributed by atoms with E-state index in [-0.39, 0.29) is 6.79 Å². The van der Waals surface area contributed by atoms with Gasteiger partial charge in [0, 0.05) is 30.4 Å². The van der Waals surface area contributed by atoms with Gasteiger partial charge in [0.1, 0.15) is 6.33 Å². The van der Waals surface area contributed by atoms with Gasteiger partial charge in [-0.2, -0.15) is 0 Å². The summed E-state index contributed by atoms with van der Waals surface area (Å²) in [5, 5.41) is 0. The zero-order chi connectivity index (χ0) is 18.8. The van der Waals surface area contributed by atoms with Gasteiger partial charge in [-0.15, -0.1) is 0 Å². The summed E-state index contributed by atoms with van der Waals surface area (Å²) in [5.74, 6) is 2.22. The maximum Gasteiger partial charge on any atom is 0.231 e. The van der Waals surface area contributed by atoms with Crippen LogP contribution in [-0.2, 0) is 13.1 Å². The van der Waals surface area contributed by atoms with E-state index in [9.17, 15) is 0 Å². The van der Waals surface area contributed by atoms with Crippen LogP contribution in [0.4, 0.5) is 5.82 Å². The molecule has 0 fully saturated rings. The highest BCUT2D eigenvalue weighted by molar-refractivity contribution is 8.00. The number of aryl methyl sites for hydroxylation is 2. The summed E-state index contributed by atoms with van der Waals surface area (Å²) in [6.07, 6.45) is 8.53. The Labute approximate surface area is 165 Å².